The van der Waals surface area contributed by atoms with E-state index in [1.54, 1.807) is 0 Å². The maximum Gasteiger partial charge on any atom is 0.342 e. The third kappa shape index (κ3) is 4.86. The van der Waals surface area contributed by atoms with E-state index in [0.717, 1.165) is 5.56 Å². The number of rotatable bonds is 5. The fourth-order valence-electron chi connectivity index (χ4n) is 1.88. The molecule has 0 bridgehead atoms. The van der Waals surface area contributed by atoms with Crippen LogP contribution in [0.3, 0.4) is 0 Å². The van der Waals surface area contributed by atoms with Gasteiger partial charge in [0.1, 0.15) is 18.0 Å². The van der Waals surface area contributed by atoms with Gasteiger partial charge in [-0.15, -0.1) is 0 Å². The van der Waals surface area contributed by atoms with Crippen molar-refractivity contribution in [2.24, 2.45) is 0 Å². The number of Topliss-reactive ketones (excluding diaryl/α,β-unsaturated/α-hetero) is 1. The minimum Gasteiger partial charge on any atom is -0.457 e. The second-order valence-corrected chi connectivity index (χ2v) is 5.70. The van der Waals surface area contributed by atoms with Crippen LogP contribution in [0.5, 0.6) is 0 Å². The lowest BCUT2D eigenvalue weighted by Gasteiger charge is -2.07. The summed E-state index contributed by atoms with van der Waals surface area (Å²) in [6, 6.07) is 13.2. The van der Waals surface area contributed by atoms with E-state index in [2.05, 4.69) is 15.9 Å². The maximum absolute atomic E-state index is 13.1. The number of ketones is 1. The van der Waals surface area contributed by atoms with E-state index in [1.807, 2.05) is 30.3 Å². The molecule has 3 nitrogen and oxygen atoms in total. The lowest BCUT2D eigenvalue weighted by atomic mass is 10.1. The first-order chi connectivity index (χ1) is 11.0. The van der Waals surface area contributed by atoms with Crippen molar-refractivity contribution in [3.05, 3.63) is 75.5 Å². The summed E-state index contributed by atoms with van der Waals surface area (Å²) in [6.45, 7) is 1.36. The molecule has 2 aromatic rings. The van der Waals surface area contributed by atoms with Gasteiger partial charge in [-0.3, -0.25) is 4.79 Å². The summed E-state index contributed by atoms with van der Waals surface area (Å²) in [5.41, 5.74) is 1.26. The molecule has 5 heteroatoms. The van der Waals surface area contributed by atoms with E-state index in [4.69, 9.17) is 4.74 Å². The first kappa shape index (κ1) is 17.1. The highest BCUT2D eigenvalue weighted by Gasteiger charge is 2.17. The smallest absolute Gasteiger partial charge is 0.342 e. The van der Waals surface area contributed by atoms with E-state index in [9.17, 15) is 14.0 Å². The number of benzene rings is 2. The van der Waals surface area contributed by atoms with Gasteiger partial charge in [-0.1, -0.05) is 52.3 Å². The van der Waals surface area contributed by atoms with Crippen molar-refractivity contribution in [3.63, 3.8) is 0 Å². The Kier molecular flexibility index (Phi) is 5.82. The number of ether oxygens (including phenoxy) is 1. The summed E-state index contributed by atoms with van der Waals surface area (Å²) in [4.78, 5) is 23.9. The van der Waals surface area contributed by atoms with Gasteiger partial charge in [0.2, 0.25) is 0 Å². The average Bonchev–Trinajstić information content (AvgIpc) is 2.52. The van der Waals surface area contributed by atoms with Gasteiger partial charge in [0.15, 0.2) is 5.78 Å². The molecular formula is C18H14BrFO3. The van der Waals surface area contributed by atoms with Crippen molar-refractivity contribution in [2.75, 3.05) is 0 Å². The molecule has 0 unspecified atom stereocenters. The molecule has 0 aromatic heterocycles. The zero-order chi connectivity index (χ0) is 16.8. The zero-order valence-electron chi connectivity index (χ0n) is 12.4. The molecule has 0 saturated carbocycles. The first-order valence-electron chi connectivity index (χ1n) is 6.86. The molecule has 0 saturated heterocycles. The van der Waals surface area contributed by atoms with Crippen LogP contribution >= 0.6 is 15.9 Å². The number of hydrogen-bond donors (Lipinski definition) is 0. The number of esters is 1. The van der Waals surface area contributed by atoms with Gasteiger partial charge in [-0.05, 0) is 36.3 Å². The van der Waals surface area contributed by atoms with Gasteiger partial charge < -0.3 is 4.74 Å². The van der Waals surface area contributed by atoms with Gasteiger partial charge in [-0.25, -0.2) is 9.18 Å². The molecule has 0 aliphatic heterocycles. The topological polar surface area (TPSA) is 43.4 Å². The Balaban J connectivity index is 2.18. The highest BCUT2D eigenvalue weighted by Crippen LogP contribution is 2.21. The lowest BCUT2D eigenvalue weighted by Crippen LogP contribution is -2.13. The largest absolute Gasteiger partial charge is 0.457 e. The maximum atomic E-state index is 13.1. The van der Waals surface area contributed by atoms with E-state index in [1.165, 1.54) is 31.2 Å². The minimum atomic E-state index is -0.711. The zero-order valence-corrected chi connectivity index (χ0v) is 14.0. The Labute approximate surface area is 141 Å². The van der Waals surface area contributed by atoms with Crippen LogP contribution in [0, 0.1) is 5.82 Å². The monoisotopic (exact) mass is 376 g/mol. The summed E-state index contributed by atoms with van der Waals surface area (Å²) >= 11 is 3.20. The van der Waals surface area contributed by atoms with Crippen LogP contribution in [0.15, 0.2) is 58.6 Å². The Morgan fingerprint density at radius 3 is 2.48 bits per heavy atom. The molecule has 118 valence electrons. The molecule has 2 rings (SSSR count). The van der Waals surface area contributed by atoms with Crippen molar-refractivity contribution in [3.8, 4) is 0 Å². The number of halogens is 2. The predicted octanol–water partition coefficient (Wildman–Crippen LogP) is 4.30. The molecular weight excluding hydrogens is 363 g/mol. The molecule has 0 N–H and O–H groups in total. The molecule has 0 heterocycles. The Morgan fingerprint density at radius 1 is 1.17 bits per heavy atom. The number of carbonyl (C=O) groups excluding carboxylic acids is 2. The van der Waals surface area contributed by atoms with Crippen LogP contribution < -0.4 is 0 Å². The first-order valence-corrected chi connectivity index (χ1v) is 7.65. The fourth-order valence-corrected chi connectivity index (χ4v) is 2.34. The molecule has 0 amide bonds. The van der Waals surface area contributed by atoms with Crippen LogP contribution in [0.4, 0.5) is 4.39 Å². The second-order valence-electron chi connectivity index (χ2n) is 4.84. The van der Waals surface area contributed by atoms with Crippen LogP contribution in [0.2, 0.25) is 0 Å². The van der Waals surface area contributed by atoms with Gasteiger partial charge >= 0.3 is 5.97 Å². The highest BCUT2D eigenvalue weighted by atomic mass is 79.9. The normalized spacial score (nSPS) is 11.2. The summed E-state index contributed by atoms with van der Waals surface area (Å²) < 4.78 is 18.7. The number of carbonyl (C=O) groups is 2. The quantitative estimate of drug-likeness (QED) is 0.338. The lowest BCUT2D eigenvalue weighted by molar-refractivity contribution is -0.141. The van der Waals surface area contributed by atoms with Crippen molar-refractivity contribution in [2.45, 2.75) is 13.5 Å². The Morgan fingerprint density at radius 2 is 1.87 bits per heavy atom. The Bertz CT molecular complexity index is 754. The standard InChI is InChI=1S/C18H14BrFO3/c1-12(21)16(9-14-7-8-15(20)10-17(14)19)18(22)23-11-13-5-3-2-4-6-13/h2-10H,11H2,1H3/b16-9-. The van der Waals surface area contributed by atoms with Gasteiger partial charge in [-0.2, -0.15) is 0 Å². The molecule has 2 aromatic carbocycles. The molecule has 0 aliphatic rings. The molecule has 0 aliphatic carbocycles. The molecule has 0 fully saturated rings. The summed E-state index contributed by atoms with van der Waals surface area (Å²) in [6.07, 6.45) is 1.39. The van der Waals surface area contributed by atoms with Crippen molar-refractivity contribution in [1.29, 1.82) is 0 Å². The fraction of sp³-hybridized carbons (Fsp3) is 0.111. The van der Waals surface area contributed by atoms with E-state index in [-0.39, 0.29) is 12.2 Å². The minimum absolute atomic E-state index is 0.0783. The van der Waals surface area contributed by atoms with Gasteiger partial charge in [0.25, 0.3) is 0 Å². The van der Waals surface area contributed by atoms with Crippen molar-refractivity contribution < 1.29 is 18.7 Å². The molecule has 0 atom stereocenters. The summed E-state index contributed by atoms with van der Waals surface area (Å²) in [5.74, 6) is -1.54. The van der Waals surface area contributed by atoms with E-state index < -0.39 is 17.6 Å². The highest BCUT2D eigenvalue weighted by molar-refractivity contribution is 9.10. The van der Waals surface area contributed by atoms with Gasteiger partial charge in [0.05, 0.1) is 0 Å². The van der Waals surface area contributed by atoms with E-state index >= 15 is 0 Å². The second kappa shape index (κ2) is 7.83. The summed E-state index contributed by atoms with van der Waals surface area (Å²) in [7, 11) is 0. The molecule has 0 radical (unpaired) electrons. The van der Waals surface area contributed by atoms with Crippen LogP contribution in [0.1, 0.15) is 18.1 Å². The van der Waals surface area contributed by atoms with Crippen LogP contribution in [0.25, 0.3) is 6.08 Å². The van der Waals surface area contributed by atoms with E-state index in [0.29, 0.717) is 10.0 Å². The Hall–Kier alpha value is -2.27. The van der Waals surface area contributed by atoms with Crippen LogP contribution in [-0.4, -0.2) is 11.8 Å². The molecule has 23 heavy (non-hydrogen) atoms. The van der Waals surface area contributed by atoms with Crippen molar-refractivity contribution >= 4 is 33.8 Å². The number of hydrogen-bond acceptors (Lipinski definition) is 3. The predicted molar refractivity (Wildman–Crippen MR) is 89.0 cm³/mol. The third-order valence-corrected chi connectivity index (χ3v) is 3.76. The van der Waals surface area contributed by atoms with Crippen molar-refractivity contribution in [1.82, 2.24) is 0 Å². The average molecular weight is 377 g/mol. The summed E-state index contributed by atoms with van der Waals surface area (Å²) in [5, 5.41) is 0. The molecule has 0 spiro atoms. The SMILES string of the molecule is CC(=O)/C(=C/c1ccc(F)cc1Br)C(=O)OCc1ccccc1. The third-order valence-electron chi connectivity index (χ3n) is 3.07. The van der Waals surface area contributed by atoms with Crippen LogP contribution in [-0.2, 0) is 20.9 Å². The van der Waals surface area contributed by atoms with Gasteiger partial charge in [0, 0.05) is 4.47 Å².